The summed E-state index contributed by atoms with van der Waals surface area (Å²) in [5.41, 5.74) is 6.77. The van der Waals surface area contributed by atoms with E-state index in [2.05, 4.69) is 27.1 Å². The zero-order chi connectivity index (χ0) is 26.8. The van der Waals surface area contributed by atoms with E-state index in [0.29, 0.717) is 41.1 Å². The van der Waals surface area contributed by atoms with Crippen molar-refractivity contribution in [1.82, 2.24) is 10.3 Å². The summed E-state index contributed by atoms with van der Waals surface area (Å²) in [4.78, 5) is 30.9. The number of carbonyl (C=O) groups excluding carboxylic acids is 2. The maximum atomic E-state index is 12.7. The largest absolute Gasteiger partial charge is 0.489 e. The van der Waals surface area contributed by atoms with Crippen molar-refractivity contribution in [2.24, 2.45) is 10.7 Å². The number of aliphatic hydroxyl groups is 1. The SMILES string of the molecule is CNC1COc2ccc(C#CC3(O)COC3)cc2N(C)C1=O.N/C=C(\C=NC=O)Cc1cccc(F)n1. The number of likely N-dealkylation sites (N-methyl/N-ethyl adjacent to an activating group) is 2. The fourth-order valence-electron chi connectivity index (χ4n) is 3.37. The second-order valence-electron chi connectivity index (χ2n) is 8.26. The topological polar surface area (TPSA) is 139 Å². The molecule has 1 aromatic carbocycles. The molecule has 2 aliphatic rings. The number of rotatable bonds is 5. The molecule has 0 spiro atoms. The summed E-state index contributed by atoms with van der Waals surface area (Å²) >= 11 is 0. The van der Waals surface area contributed by atoms with E-state index in [-0.39, 0.29) is 31.8 Å². The van der Waals surface area contributed by atoms with Crippen LogP contribution in [0.5, 0.6) is 5.75 Å². The number of hydrogen-bond donors (Lipinski definition) is 3. The van der Waals surface area contributed by atoms with Gasteiger partial charge in [-0.25, -0.2) is 9.98 Å². The van der Waals surface area contributed by atoms with E-state index >= 15 is 0 Å². The van der Waals surface area contributed by atoms with E-state index in [0.717, 1.165) is 0 Å². The number of aromatic nitrogens is 1. The number of nitrogens with one attached hydrogen (secondary N) is 1. The molecule has 0 radical (unpaired) electrons. The number of fused-ring (bicyclic) bond motifs is 1. The minimum atomic E-state index is -1.05. The van der Waals surface area contributed by atoms with Gasteiger partial charge in [0.25, 0.3) is 0 Å². The molecule has 1 saturated heterocycles. The molecule has 2 aliphatic heterocycles. The molecule has 4 rings (SSSR count). The van der Waals surface area contributed by atoms with Gasteiger partial charge in [0.2, 0.25) is 18.3 Å². The van der Waals surface area contributed by atoms with Gasteiger partial charge >= 0.3 is 0 Å². The summed E-state index contributed by atoms with van der Waals surface area (Å²) in [5.74, 6) is 5.77. The highest BCUT2D eigenvalue weighted by atomic mass is 19.1. The first kappa shape index (κ1) is 27.5. The third-order valence-electron chi connectivity index (χ3n) is 5.50. The Kier molecular flexibility index (Phi) is 9.45. The number of amides is 2. The monoisotopic (exact) mass is 509 g/mol. The fraction of sp³-hybridized carbons (Fsp3) is 0.308. The van der Waals surface area contributed by atoms with Gasteiger partial charge in [-0.05, 0) is 49.2 Å². The molecule has 0 bridgehead atoms. The van der Waals surface area contributed by atoms with Gasteiger partial charge in [-0.15, -0.1) is 0 Å². The molecule has 1 aromatic heterocycles. The minimum absolute atomic E-state index is 0.0580. The zero-order valence-corrected chi connectivity index (χ0v) is 20.5. The molecule has 2 amide bonds. The van der Waals surface area contributed by atoms with E-state index < -0.39 is 11.5 Å². The highest BCUT2D eigenvalue weighted by Crippen LogP contribution is 2.31. The van der Waals surface area contributed by atoms with Crippen LogP contribution >= 0.6 is 0 Å². The highest BCUT2D eigenvalue weighted by Gasteiger charge is 2.34. The third-order valence-corrected chi connectivity index (χ3v) is 5.50. The van der Waals surface area contributed by atoms with Crippen LogP contribution in [-0.4, -0.2) is 74.2 Å². The van der Waals surface area contributed by atoms with Crippen LogP contribution in [-0.2, 0) is 20.7 Å². The number of pyridine rings is 1. The van der Waals surface area contributed by atoms with Crippen molar-refractivity contribution >= 4 is 24.2 Å². The Hall–Kier alpha value is -4.11. The van der Waals surface area contributed by atoms with E-state index in [1.54, 1.807) is 43.3 Å². The molecule has 194 valence electrons. The van der Waals surface area contributed by atoms with Crippen molar-refractivity contribution in [2.75, 3.05) is 38.8 Å². The second kappa shape index (κ2) is 12.7. The van der Waals surface area contributed by atoms with Crippen LogP contribution in [0.1, 0.15) is 11.3 Å². The molecule has 3 heterocycles. The molecular formula is C26H28FN5O5. The highest BCUT2D eigenvalue weighted by molar-refractivity contribution is 5.99. The van der Waals surface area contributed by atoms with Crippen molar-refractivity contribution in [2.45, 2.75) is 18.1 Å². The van der Waals surface area contributed by atoms with Crippen molar-refractivity contribution in [1.29, 1.82) is 0 Å². The predicted molar refractivity (Wildman–Crippen MR) is 136 cm³/mol. The Morgan fingerprint density at radius 1 is 1.41 bits per heavy atom. The number of nitrogens with zero attached hydrogens (tertiary/aromatic N) is 3. The van der Waals surface area contributed by atoms with E-state index in [1.165, 1.54) is 18.5 Å². The van der Waals surface area contributed by atoms with Crippen molar-refractivity contribution < 1.29 is 28.6 Å². The number of nitrogens with two attached hydrogens (primary N) is 1. The average molecular weight is 510 g/mol. The number of ether oxygens (including phenoxy) is 2. The summed E-state index contributed by atoms with van der Waals surface area (Å²) in [7, 11) is 3.44. The summed E-state index contributed by atoms with van der Waals surface area (Å²) < 4.78 is 23.4. The summed E-state index contributed by atoms with van der Waals surface area (Å²) in [5, 5.41) is 12.9. The van der Waals surface area contributed by atoms with Gasteiger partial charge in [0.15, 0.2) is 5.60 Å². The van der Waals surface area contributed by atoms with Gasteiger partial charge in [-0.3, -0.25) is 9.59 Å². The van der Waals surface area contributed by atoms with E-state index in [4.69, 9.17) is 15.2 Å². The quantitative estimate of drug-likeness (QED) is 0.230. The molecule has 0 saturated carbocycles. The predicted octanol–water partition coefficient (Wildman–Crippen LogP) is 0.576. The van der Waals surface area contributed by atoms with Gasteiger partial charge in [0.1, 0.15) is 18.4 Å². The molecule has 37 heavy (non-hydrogen) atoms. The number of anilines is 1. The molecule has 1 atom stereocenters. The molecular weight excluding hydrogens is 481 g/mol. The number of aliphatic imine (C=N–C) groups is 1. The van der Waals surface area contributed by atoms with Crippen LogP contribution in [0.25, 0.3) is 0 Å². The van der Waals surface area contributed by atoms with Crippen molar-refractivity contribution in [3.05, 3.63) is 65.4 Å². The molecule has 1 unspecified atom stereocenters. The molecule has 2 aromatic rings. The first-order valence-corrected chi connectivity index (χ1v) is 11.3. The molecule has 1 fully saturated rings. The van der Waals surface area contributed by atoms with E-state index in [9.17, 15) is 19.1 Å². The first-order chi connectivity index (χ1) is 17.8. The summed E-state index contributed by atoms with van der Waals surface area (Å²) in [6.07, 6.45) is 3.37. The van der Waals surface area contributed by atoms with Gasteiger partial charge < -0.3 is 30.5 Å². The lowest BCUT2D eigenvalue weighted by Gasteiger charge is -2.30. The Bertz CT molecular complexity index is 1250. The van der Waals surface area contributed by atoms with Crippen LogP contribution in [0, 0.1) is 17.8 Å². The lowest BCUT2D eigenvalue weighted by atomic mass is 10.0. The average Bonchev–Trinajstić information content (AvgIpc) is 3.00. The number of benzene rings is 1. The van der Waals surface area contributed by atoms with Crippen LogP contribution in [0.3, 0.4) is 0 Å². The fourth-order valence-corrected chi connectivity index (χ4v) is 3.37. The van der Waals surface area contributed by atoms with Crippen LogP contribution in [0.4, 0.5) is 10.1 Å². The minimum Gasteiger partial charge on any atom is -0.489 e. The molecule has 10 nitrogen and oxygen atoms in total. The Morgan fingerprint density at radius 2 is 2.19 bits per heavy atom. The molecule has 0 aliphatic carbocycles. The summed E-state index contributed by atoms with van der Waals surface area (Å²) in [6, 6.07) is 9.51. The van der Waals surface area contributed by atoms with Crippen LogP contribution in [0.15, 0.2) is 53.2 Å². The van der Waals surface area contributed by atoms with Crippen molar-refractivity contribution in [3.63, 3.8) is 0 Å². The lowest BCUT2D eigenvalue weighted by molar-refractivity contribution is -0.140. The maximum Gasteiger partial charge on any atom is 0.247 e. The van der Waals surface area contributed by atoms with Gasteiger partial charge in [0.05, 0.1) is 18.9 Å². The Balaban J connectivity index is 0.000000222. The van der Waals surface area contributed by atoms with Gasteiger partial charge in [0, 0.05) is 30.9 Å². The normalized spacial score (nSPS) is 18.3. The van der Waals surface area contributed by atoms with Gasteiger partial charge in [-0.2, -0.15) is 4.39 Å². The standard InChI is InChI=1S/C16H18N2O4.C10H10FN3O/c1-17-12-8-22-14-4-3-11(5-6-16(20)9-21-10-16)7-13(14)18(2)15(12)19;11-10-3-1-2-9(14-10)4-8(5-12)6-13-7-15/h3-4,7,12,17,20H,8-10H2,1-2H3;1-3,5-7H,4,12H2/b;8-5-,13-6?. The number of allylic oxidation sites excluding steroid dienone is 1. The third kappa shape index (κ3) is 7.44. The van der Waals surface area contributed by atoms with Crippen LogP contribution < -0.4 is 20.7 Å². The lowest BCUT2D eigenvalue weighted by Crippen LogP contribution is -2.48. The van der Waals surface area contributed by atoms with E-state index in [1.807, 2.05) is 6.07 Å². The Labute approximate surface area is 214 Å². The van der Waals surface area contributed by atoms with Gasteiger partial charge in [-0.1, -0.05) is 17.9 Å². The number of carbonyl (C=O) groups is 2. The maximum absolute atomic E-state index is 12.7. The molecule has 11 heteroatoms. The van der Waals surface area contributed by atoms with Crippen molar-refractivity contribution in [3.8, 4) is 17.6 Å². The zero-order valence-electron chi connectivity index (χ0n) is 20.5. The number of halogens is 1. The first-order valence-electron chi connectivity index (χ1n) is 11.3. The smallest absolute Gasteiger partial charge is 0.247 e. The Morgan fingerprint density at radius 3 is 2.81 bits per heavy atom. The number of hydrogen-bond acceptors (Lipinski definition) is 8. The molecule has 4 N–H and O–H groups in total. The van der Waals surface area contributed by atoms with Crippen LogP contribution in [0.2, 0.25) is 0 Å². The second-order valence-corrected chi connectivity index (χ2v) is 8.26. The summed E-state index contributed by atoms with van der Waals surface area (Å²) in [6.45, 7) is 0.751.